The Kier molecular flexibility index (Phi) is 4.98. The Bertz CT molecular complexity index is 615. The number of halogens is 1. The zero-order chi connectivity index (χ0) is 15.4. The van der Waals surface area contributed by atoms with Gasteiger partial charge in [0.05, 0.1) is 25.8 Å². The van der Waals surface area contributed by atoms with Crippen molar-refractivity contribution < 1.29 is 9.47 Å². The van der Waals surface area contributed by atoms with Crippen molar-refractivity contribution in [2.45, 2.75) is 26.4 Å². The summed E-state index contributed by atoms with van der Waals surface area (Å²) in [6.07, 6.45) is 0. The molecule has 0 aliphatic carbocycles. The first kappa shape index (κ1) is 15.5. The number of methoxy groups -OCH3 is 2. The van der Waals surface area contributed by atoms with E-state index in [9.17, 15) is 0 Å². The zero-order valence-corrected chi connectivity index (χ0v) is 13.2. The van der Waals surface area contributed by atoms with Crippen LogP contribution in [-0.2, 0) is 6.54 Å². The molecule has 0 amide bonds. The van der Waals surface area contributed by atoms with Crippen molar-refractivity contribution in [1.82, 2.24) is 25.5 Å². The Labute approximate surface area is 128 Å². The van der Waals surface area contributed by atoms with Gasteiger partial charge in [0.1, 0.15) is 17.2 Å². The maximum Gasteiger partial charge on any atom is 0.170 e. The second-order valence-electron chi connectivity index (χ2n) is 4.70. The minimum absolute atomic E-state index is 0.330. The molecule has 0 radical (unpaired) electrons. The molecule has 0 fully saturated rings. The molecule has 1 aromatic carbocycles. The summed E-state index contributed by atoms with van der Waals surface area (Å²) in [7, 11) is 3.12. The molecule has 0 saturated heterocycles. The van der Waals surface area contributed by atoms with Gasteiger partial charge in [-0.15, -0.1) is 5.10 Å². The molecule has 0 atom stereocenters. The second kappa shape index (κ2) is 6.73. The zero-order valence-electron chi connectivity index (χ0n) is 12.4. The van der Waals surface area contributed by atoms with Crippen LogP contribution in [0.15, 0.2) is 12.1 Å². The molecule has 0 aliphatic rings. The van der Waals surface area contributed by atoms with E-state index in [0.29, 0.717) is 40.6 Å². The summed E-state index contributed by atoms with van der Waals surface area (Å²) in [5.41, 5.74) is 0.671. The third kappa shape index (κ3) is 3.43. The first-order valence-corrected chi connectivity index (χ1v) is 6.87. The quantitative estimate of drug-likeness (QED) is 0.877. The van der Waals surface area contributed by atoms with Crippen LogP contribution in [0, 0.1) is 0 Å². The van der Waals surface area contributed by atoms with E-state index in [-0.39, 0.29) is 0 Å². The number of hydrogen-bond acceptors (Lipinski definition) is 6. The van der Waals surface area contributed by atoms with Crippen LogP contribution in [0.4, 0.5) is 0 Å². The highest BCUT2D eigenvalue weighted by Crippen LogP contribution is 2.34. The molecule has 7 nitrogen and oxygen atoms in total. The molecule has 21 heavy (non-hydrogen) atoms. The molecule has 0 unspecified atom stereocenters. The smallest absolute Gasteiger partial charge is 0.170 e. The Hall–Kier alpha value is -1.86. The molecule has 8 heteroatoms. The first-order chi connectivity index (χ1) is 10.1. The topological polar surface area (TPSA) is 74.1 Å². The van der Waals surface area contributed by atoms with Gasteiger partial charge in [-0.25, -0.2) is 0 Å². The van der Waals surface area contributed by atoms with Crippen LogP contribution in [0.25, 0.3) is 5.69 Å². The Balaban J connectivity index is 2.44. The summed E-state index contributed by atoms with van der Waals surface area (Å²) in [4.78, 5) is 0. The second-order valence-corrected chi connectivity index (χ2v) is 5.11. The van der Waals surface area contributed by atoms with Gasteiger partial charge in [0.15, 0.2) is 5.82 Å². The highest BCUT2D eigenvalue weighted by Gasteiger charge is 2.16. The van der Waals surface area contributed by atoms with E-state index in [1.165, 1.54) is 0 Å². The number of tetrazole rings is 1. The molecule has 1 heterocycles. The summed E-state index contributed by atoms with van der Waals surface area (Å²) < 4.78 is 12.2. The standard InChI is InChI=1S/C13H18ClN5O2/c1-8(2)15-7-13-16-17-18-19(13)10-6-11(20-3)9(14)5-12(10)21-4/h5-6,8,15H,7H2,1-4H3. The van der Waals surface area contributed by atoms with Gasteiger partial charge in [0.2, 0.25) is 0 Å². The van der Waals surface area contributed by atoms with E-state index >= 15 is 0 Å². The largest absolute Gasteiger partial charge is 0.495 e. The number of ether oxygens (including phenoxy) is 2. The third-order valence-corrected chi connectivity index (χ3v) is 3.18. The Morgan fingerprint density at radius 3 is 2.57 bits per heavy atom. The number of nitrogens with one attached hydrogen (secondary N) is 1. The number of hydrogen-bond donors (Lipinski definition) is 1. The molecule has 1 aromatic heterocycles. The monoisotopic (exact) mass is 311 g/mol. The molecular weight excluding hydrogens is 294 g/mol. The van der Waals surface area contributed by atoms with Crippen LogP contribution < -0.4 is 14.8 Å². The maximum atomic E-state index is 6.11. The van der Waals surface area contributed by atoms with Crippen LogP contribution in [0.3, 0.4) is 0 Å². The number of rotatable bonds is 6. The van der Waals surface area contributed by atoms with Crippen LogP contribution in [0.1, 0.15) is 19.7 Å². The molecule has 0 saturated carbocycles. The fourth-order valence-electron chi connectivity index (χ4n) is 1.81. The van der Waals surface area contributed by atoms with Crippen molar-refractivity contribution in [1.29, 1.82) is 0 Å². The lowest BCUT2D eigenvalue weighted by atomic mass is 10.2. The molecule has 1 N–H and O–H groups in total. The predicted octanol–water partition coefficient (Wildman–Crippen LogP) is 1.83. The van der Waals surface area contributed by atoms with Crippen molar-refractivity contribution in [3.8, 4) is 17.2 Å². The van der Waals surface area contributed by atoms with Gasteiger partial charge in [-0.3, -0.25) is 0 Å². The van der Waals surface area contributed by atoms with E-state index in [0.717, 1.165) is 0 Å². The first-order valence-electron chi connectivity index (χ1n) is 6.49. The van der Waals surface area contributed by atoms with Crippen LogP contribution in [0.5, 0.6) is 11.5 Å². The van der Waals surface area contributed by atoms with E-state index in [2.05, 4.69) is 34.7 Å². The lowest BCUT2D eigenvalue weighted by Crippen LogP contribution is -2.24. The van der Waals surface area contributed by atoms with Crippen molar-refractivity contribution in [3.05, 3.63) is 23.0 Å². The van der Waals surface area contributed by atoms with E-state index < -0.39 is 0 Å². The van der Waals surface area contributed by atoms with Gasteiger partial charge in [-0.2, -0.15) is 4.68 Å². The predicted molar refractivity (Wildman–Crippen MR) is 79.2 cm³/mol. The summed E-state index contributed by atoms with van der Waals surface area (Å²) in [6.45, 7) is 4.65. The highest BCUT2D eigenvalue weighted by molar-refractivity contribution is 6.32. The van der Waals surface area contributed by atoms with Crippen LogP contribution in [-0.4, -0.2) is 40.5 Å². The minimum atomic E-state index is 0.330. The van der Waals surface area contributed by atoms with E-state index in [4.69, 9.17) is 21.1 Å². The van der Waals surface area contributed by atoms with E-state index in [1.807, 2.05) is 0 Å². The molecule has 114 valence electrons. The SMILES string of the molecule is COc1cc(-n2nnnc2CNC(C)C)c(OC)cc1Cl. The summed E-state index contributed by atoms with van der Waals surface area (Å²) >= 11 is 6.11. The fourth-order valence-corrected chi connectivity index (χ4v) is 2.04. The van der Waals surface area contributed by atoms with Gasteiger partial charge in [-0.05, 0) is 10.4 Å². The Morgan fingerprint density at radius 1 is 1.24 bits per heavy atom. The summed E-state index contributed by atoms with van der Waals surface area (Å²) in [6, 6.07) is 3.75. The molecule has 0 spiro atoms. The fraction of sp³-hybridized carbons (Fsp3) is 0.462. The molecular formula is C13H18ClN5O2. The third-order valence-electron chi connectivity index (χ3n) is 2.88. The lowest BCUT2D eigenvalue weighted by Gasteiger charge is -2.13. The molecule has 2 aromatic rings. The van der Waals surface area contributed by atoms with Gasteiger partial charge in [0.25, 0.3) is 0 Å². The summed E-state index contributed by atoms with van der Waals surface area (Å²) in [5, 5.41) is 15.5. The Morgan fingerprint density at radius 2 is 1.95 bits per heavy atom. The number of nitrogens with zero attached hydrogens (tertiary/aromatic N) is 4. The van der Waals surface area contributed by atoms with Crippen molar-refractivity contribution in [3.63, 3.8) is 0 Å². The van der Waals surface area contributed by atoms with Crippen LogP contribution in [0.2, 0.25) is 5.02 Å². The minimum Gasteiger partial charge on any atom is -0.495 e. The van der Waals surface area contributed by atoms with Gasteiger partial charge < -0.3 is 14.8 Å². The maximum absolute atomic E-state index is 6.11. The molecule has 0 aliphatic heterocycles. The van der Waals surface area contributed by atoms with Crippen molar-refractivity contribution >= 4 is 11.6 Å². The van der Waals surface area contributed by atoms with Crippen molar-refractivity contribution in [2.75, 3.05) is 14.2 Å². The highest BCUT2D eigenvalue weighted by atomic mass is 35.5. The average Bonchev–Trinajstić information content (AvgIpc) is 2.92. The normalized spacial score (nSPS) is 11.0. The van der Waals surface area contributed by atoms with Gasteiger partial charge >= 0.3 is 0 Å². The average molecular weight is 312 g/mol. The van der Waals surface area contributed by atoms with E-state index in [1.54, 1.807) is 31.0 Å². The lowest BCUT2D eigenvalue weighted by molar-refractivity contribution is 0.400. The van der Waals surface area contributed by atoms with Crippen molar-refractivity contribution in [2.24, 2.45) is 0 Å². The van der Waals surface area contributed by atoms with Gasteiger partial charge in [-0.1, -0.05) is 25.4 Å². The van der Waals surface area contributed by atoms with Gasteiger partial charge in [0, 0.05) is 18.2 Å². The number of benzene rings is 1. The number of aromatic nitrogens is 4. The summed E-state index contributed by atoms with van der Waals surface area (Å²) in [5.74, 6) is 1.77. The van der Waals surface area contributed by atoms with Crippen LogP contribution >= 0.6 is 11.6 Å². The molecule has 2 rings (SSSR count). The molecule has 0 bridgehead atoms.